The normalized spacial score (nSPS) is 22.5. The lowest BCUT2D eigenvalue weighted by molar-refractivity contribution is -0.141. The Bertz CT molecular complexity index is 513. The smallest absolute Gasteiger partial charge is 0.306 e. The average molecular weight is 264 g/mol. The molecule has 1 aromatic carbocycles. The molecule has 0 amide bonds. The molecule has 0 aromatic heterocycles. The number of ketones is 1. The zero-order valence-corrected chi connectivity index (χ0v) is 11.1. The van der Waals surface area contributed by atoms with Gasteiger partial charge in [0.15, 0.2) is 5.78 Å². The summed E-state index contributed by atoms with van der Waals surface area (Å²) in [6, 6.07) is 3.11. The highest BCUT2D eigenvalue weighted by Gasteiger charge is 2.34. The Morgan fingerprint density at radius 3 is 2.16 bits per heavy atom. The Morgan fingerprint density at radius 1 is 1.16 bits per heavy atom. The number of Topliss-reactive ketones (excluding diaryl/α,β-unsaturated/α-hetero) is 1. The highest BCUT2D eigenvalue weighted by Crippen LogP contribution is 2.33. The predicted octanol–water partition coefficient (Wildman–Crippen LogP) is 3.13. The van der Waals surface area contributed by atoms with E-state index in [4.69, 9.17) is 5.11 Å². The highest BCUT2D eigenvalue weighted by atomic mass is 19.1. The van der Waals surface area contributed by atoms with Crippen LogP contribution in [0.2, 0.25) is 0 Å². The lowest BCUT2D eigenvalue weighted by Gasteiger charge is -2.11. The Labute approximate surface area is 111 Å². The fourth-order valence-electron chi connectivity index (χ4n) is 2.77. The van der Waals surface area contributed by atoms with Gasteiger partial charge in [-0.05, 0) is 56.4 Å². The molecular weight excluding hydrogens is 247 g/mol. The largest absolute Gasteiger partial charge is 0.481 e. The summed E-state index contributed by atoms with van der Waals surface area (Å²) in [6.45, 7) is 3.27. The lowest BCUT2D eigenvalue weighted by atomic mass is 9.93. The van der Waals surface area contributed by atoms with Gasteiger partial charge in [0.05, 0.1) is 5.92 Å². The molecule has 1 aliphatic carbocycles. The third-order valence-corrected chi connectivity index (χ3v) is 3.87. The Balaban J connectivity index is 2.19. The van der Waals surface area contributed by atoms with Crippen molar-refractivity contribution in [3.63, 3.8) is 0 Å². The lowest BCUT2D eigenvalue weighted by Crippen LogP contribution is -2.15. The van der Waals surface area contributed by atoms with Crippen LogP contribution in [0.25, 0.3) is 0 Å². The molecule has 2 rings (SSSR count). The standard InChI is InChI=1S/C15H17FO3/c1-8-5-12(6-9(2)13(8)16)14(17)10-3-4-11(7-10)15(18)19/h5-6,10-11H,3-4,7H2,1-2H3,(H,18,19). The first-order valence-electron chi connectivity index (χ1n) is 6.44. The third kappa shape index (κ3) is 2.67. The van der Waals surface area contributed by atoms with E-state index >= 15 is 0 Å². The monoisotopic (exact) mass is 264 g/mol. The number of hydrogen-bond acceptors (Lipinski definition) is 2. The van der Waals surface area contributed by atoms with E-state index in [0.717, 1.165) is 0 Å². The fraction of sp³-hybridized carbons (Fsp3) is 0.467. The van der Waals surface area contributed by atoms with Gasteiger partial charge < -0.3 is 5.11 Å². The maximum Gasteiger partial charge on any atom is 0.306 e. The van der Waals surface area contributed by atoms with Gasteiger partial charge in [-0.25, -0.2) is 4.39 Å². The van der Waals surface area contributed by atoms with Crippen LogP contribution in [0.3, 0.4) is 0 Å². The van der Waals surface area contributed by atoms with Gasteiger partial charge in [0.25, 0.3) is 0 Å². The van der Waals surface area contributed by atoms with Crippen LogP contribution >= 0.6 is 0 Å². The van der Waals surface area contributed by atoms with E-state index in [2.05, 4.69) is 0 Å². The summed E-state index contributed by atoms with van der Waals surface area (Å²) in [5.41, 5.74) is 1.40. The second-order valence-corrected chi connectivity index (χ2v) is 5.33. The topological polar surface area (TPSA) is 54.4 Å². The zero-order chi connectivity index (χ0) is 14.2. The van der Waals surface area contributed by atoms with E-state index in [1.165, 1.54) is 0 Å². The minimum Gasteiger partial charge on any atom is -0.481 e. The molecule has 2 atom stereocenters. The zero-order valence-electron chi connectivity index (χ0n) is 11.1. The van der Waals surface area contributed by atoms with Crippen LogP contribution in [0.5, 0.6) is 0 Å². The first-order valence-corrected chi connectivity index (χ1v) is 6.44. The number of carbonyl (C=O) groups excluding carboxylic acids is 1. The molecular formula is C15H17FO3. The van der Waals surface area contributed by atoms with Gasteiger partial charge >= 0.3 is 5.97 Å². The number of hydrogen-bond donors (Lipinski definition) is 1. The SMILES string of the molecule is Cc1cc(C(=O)C2CCC(C(=O)O)C2)cc(C)c1F. The summed E-state index contributed by atoms with van der Waals surface area (Å²) < 4.78 is 13.5. The minimum atomic E-state index is -0.832. The van der Waals surface area contributed by atoms with Crippen molar-refractivity contribution in [1.29, 1.82) is 0 Å². The van der Waals surface area contributed by atoms with E-state index < -0.39 is 11.9 Å². The van der Waals surface area contributed by atoms with Gasteiger partial charge in [0.2, 0.25) is 0 Å². The van der Waals surface area contributed by atoms with E-state index in [9.17, 15) is 14.0 Å². The molecule has 1 aliphatic rings. The quantitative estimate of drug-likeness (QED) is 0.853. The van der Waals surface area contributed by atoms with E-state index in [0.29, 0.717) is 36.0 Å². The minimum absolute atomic E-state index is 0.0602. The second kappa shape index (κ2) is 5.11. The molecule has 3 nitrogen and oxygen atoms in total. The number of carbonyl (C=O) groups is 2. The molecule has 4 heteroatoms. The van der Waals surface area contributed by atoms with Gasteiger partial charge in [-0.15, -0.1) is 0 Å². The number of carboxylic acids is 1. The molecule has 1 aromatic rings. The maximum absolute atomic E-state index is 13.5. The molecule has 1 fully saturated rings. The van der Waals surface area contributed by atoms with Crippen molar-refractivity contribution < 1.29 is 19.1 Å². The number of halogens is 1. The van der Waals surface area contributed by atoms with Crippen LogP contribution in [0.15, 0.2) is 12.1 Å². The second-order valence-electron chi connectivity index (χ2n) is 5.33. The summed E-state index contributed by atoms with van der Waals surface area (Å²) in [5, 5.41) is 8.95. The van der Waals surface area contributed by atoms with Crippen LogP contribution in [0, 0.1) is 31.5 Å². The molecule has 19 heavy (non-hydrogen) atoms. The summed E-state index contributed by atoms with van der Waals surface area (Å²) in [6.07, 6.45) is 1.54. The molecule has 1 saturated carbocycles. The molecule has 0 bridgehead atoms. The Morgan fingerprint density at radius 2 is 1.68 bits per heavy atom. The molecule has 1 N–H and O–H groups in total. The third-order valence-electron chi connectivity index (χ3n) is 3.87. The molecule has 0 spiro atoms. The van der Waals surface area contributed by atoms with Crippen molar-refractivity contribution in [3.05, 3.63) is 34.6 Å². The van der Waals surface area contributed by atoms with Gasteiger partial charge in [-0.2, -0.15) is 0 Å². The maximum atomic E-state index is 13.5. The number of carboxylic acid groups (broad SMARTS) is 1. The fourth-order valence-corrected chi connectivity index (χ4v) is 2.77. The Kier molecular flexibility index (Phi) is 3.69. The van der Waals surface area contributed by atoms with E-state index in [-0.39, 0.29) is 17.5 Å². The van der Waals surface area contributed by atoms with Crippen molar-refractivity contribution in [1.82, 2.24) is 0 Å². The number of rotatable bonds is 3. The number of aliphatic carboxylic acids is 1. The first-order chi connectivity index (χ1) is 8.90. The molecule has 102 valence electrons. The summed E-state index contributed by atoms with van der Waals surface area (Å²) >= 11 is 0. The predicted molar refractivity (Wildman–Crippen MR) is 68.7 cm³/mol. The van der Waals surface area contributed by atoms with Crippen molar-refractivity contribution >= 4 is 11.8 Å². The van der Waals surface area contributed by atoms with Gasteiger partial charge in [-0.3, -0.25) is 9.59 Å². The average Bonchev–Trinajstić information content (AvgIpc) is 2.84. The van der Waals surface area contributed by atoms with Crippen LogP contribution in [-0.4, -0.2) is 16.9 Å². The van der Waals surface area contributed by atoms with Crippen molar-refractivity contribution in [2.75, 3.05) is 0 Å². The van der Waals surface area contributed by atoms with Crippen molar-refractivity contribution in [2.45, 2.75) is 33.1 Å². The number of aryl methyl sites for hydroxylation is 2. The van der Waals surface area contributed by atoms with Gasteiger partial charge in [0.1, 0.15) is 5.82 Å². The Hall–Kier alpha value is -1.71. The van der Waals surface area contributed by atoms with Crippen LogP contribution in [0.1, 0.15) is 40.7 Å². The highest BCUT2D eigenvalue weighted by molar-refractivity contribution is 5.98. The van der Waals surface area contributed by atoms with Crippen LogP contribution in [-0.2, 0) is 4.79 Å². The molecule has 0 saturated heterocycles. The van der Waals surface area contributed by atoms with Crippen LogP contribution in [0.4, 0.5) is 4.39 Å². The summed E-state index contributed by atoms with van der Waals surface area (Å²) in [7, 11) is 0. The van der Waals surface area contributed by atoms with Gasteiger partial charge in [0, 0.05) is 11.5 Å². The first kappa shape index (κ1) is 13.7. The molecule has 0 heterocycles. The van der Waals surface area contributed by atoms with Crippen LogP contribution < -0.4 is 0 Å². The van der Waals surface area contributed by atoms with E-state index in [1.54, 1.807) is 26.0 Å². The summed E-state index contributed by atoms with van der Waals surface area (Å²) in [5.74, 6) is -1.84. The number of benzene rings is 1. The summed E-state index contributed by atoms with van der Waals surface area (Å²) in [4.78, 5) is 23.2. The van der Waals surface area contributed by atoms with Gasteiger partial charge in [-0.1, -0.05) is 0 Å². The van der Waals surface area contributed by atoms with Crippen molar-refractivity contribution in [2.24, 2.45) is 11.8 Å². The van der Waals surface area contributed by atoms with E-state index in [1.807, 2.05) is 0 Å². The molecule has 2 unspecified atom stereocenters. The molecule has 0 radical (unpaired) electrons. The molecule has 0 aliphatic heterocycles. The van der Waals surface area contributed by atoms with Crippen molar-refractivity contribution in [3.8, 4) is 0 Å².